The molecule has 0 fully saturated rings. The molecule has 0 radical (unpaired) electrons. The monoisotopic (exact) mass is 228 g/mol. The quantitative estimate of drug-likeness (QED) is 0.821. The Hall–Kier alpha value is -1.90. The van der Waals surface area contributed by atoms with Gasteiger partial charge < -0.3 is 4.98 Å². The molecule has 88 valence electrons. The number of carbonyl (C=O) groups excluding carboxylic acids is 1. The summed E-state index contributed by atoms with van der Waals surface area (Å²) in [4.78, 5) is 19.2. The Morgan fingerprint density at radius 2 is 1.88 bits per heavy atom. The lowest BCUT2D eigenvalue weighted by Crippen LogP contribution is -2.09. The van der Waals surface area contributed by atoms with Gasteiger partial charge >= 0.3 is 0 Å². The van der Waals surface area contributed by atoms with Crippen LogP contribution in [0.25, 0.3) is 0 Å². The van der Waals surface area contributed by atoms with Gasteiger partial charge in [-0.3, -0.25) is 4.79 Å². The molecule has 1 aromatic carbocycles. The summed E-state index contributed by atoms with van der Waals surface area (Å²) in [7, 11) is 0. The van der Waals surface area contributed by atoms with E-state index in [0.717, 1.165) is 22.5 Å². The highest BCUT2D eigenvalue weighted by atomic mass is 16.1. The minimum atomic E-state index is 0.120. The normalized spacial score (nSPS) is 10.5. The standard InChI is InChI=1S/C14H16N2O/c1-9-6-10(2)14(11(3)7-9)12(17)8-13-15-4-5-16-13/h4-7H,8H2,1-3H3,(H,15,16). The van der Waals surface area contributed by atoms with Crippen LogP contribution in [0.15, 0.2) is 24.5 Å². The number of benzene rings is 1. The summed E-state index contributed by atoms with van der Waals surface area (Å²) >= 11 is 0. The van der Waals surface area contributed by atoms with E-state index in [1.807, 2.05) is 32.9 Å². The van der Waals surface area contributed by atoms with Crippen LogP contribution in [0.4, 0.5) is 0 Å². The molecule has 0 amide bonds. The number of aromatic amines is 1. The zero-order valence-electron chi connectivity index (χ0n) is 10.4. The number of aromatic nitrogens is 2. The van der Waals surface area contributed by atoms with E-state index in [0.29, 0.717) is 6.42 Å². The number of ketones is 1. The van der Waals surface area contributed by atoms with E-state index in [1.165, 1.54) is 5.56 Å². The van der Waals surface area contributed by atoms with Gasteiger partial charge in [-0.2, -0.15) is 0 Å². The molecule has 1 aromatic heterocycles. The van der Waals surface area contributed by atoms with E-state index in [1.54, 1.807) is 12.4 Å². The van der Waals surface area contributed by atoms with Crippen molar-refractivity contribution < 1.29 is 4.79 Å². The molecule has 0 saturated carbocycles. The maximum atomic E-state index is 12.2. The third-order valence-electron chi connectivity index (χ3n) is 2.84. The maximum Gasteiger partial charge on any atom is 0.170 e. The molecule has 0 aliphatic heterocycles. The molecule has 0 unspecified atom stereocenters. The summed E-state index contributed by atoms with van der Waals surface area (Å²) in [6.45, 7) is 6.01. The van der Waals surface area contributed by atoms with Gasteiger partial charge in [0, 0.05) is 18.0 Å². The van der Waals surface area contributed by atoms with Gasteiger partial charge in [-0.15, -0.1) is 0 Å². The van der Waals surface area contributed by atoms with Gasteiger partial charge in [-0.25, -0.2) is 4.98 Å². The van der Waals surface area contributed by atoms with Crippen molar-refractivity contribution in [2.75, 3.05) is 0 Å². The van der Waals surface area contributed by atoms with Crippen LogP contribution in [0.1, 0.15) is 32.9 Å². The molecule has 0 spiro atoms. The highest BCUT2D eigenvalue weighted by Crippen LogP contribution is 2.18. The second kappa shape index (κ2) is 4.53. The Labute approximate surface area is 101 Å². The Kier molecular flexibility index (Phi) is 3.09. The minimum absolute atomic E-state index is 0.120. The van der Waals surface area contributed by atoms with Gasteiger partial charge in [0.15, 0.2) is 5.78 Å². The van der Waals surface area contributed by atoms with Crippen LogP contribution in [0.5, 0.6) is 0 Å². The van der Waals surface area contributed by atoms with Gasteiger partial charge in [-0.1, -0.05) is 17.7 Å². The molecule has 0 atom stereocenters. The number of imidazole rings is 1. The molecule has 17 heavy (non-hydrogen) atoms. The molecule has 2 rings (SSSR count). The van der Waals surface area contributed by atoms with Crippen LogP contribution in [0.2, 0.25) is 0 Å². The van der Waals surface area contributed by atoms with Crippen molar-refractivity contribution in [2.45, 2.75) is 27.2 Å². The van der Waals surface area contributed by atoms with E-state index in [4.69, 9.17) is 0 Å². The van der Waals surface area contributed by atoms with Crippen molar-refractivity contribution in [3.8, 4) is 0 Å². The van der Waals surface area contributed by atoms with Gasteiger partial charge in [0.05, 0.1) is 6.42 Å². The van der Waals surface area contributed by atoms with Crippen molar-refractivity contribution in [1.29, 1.82) is 0 Å². The SMILES string of the molecule is Cc1cc(C)c(C(=O)Cc2ncc[nH]2)c(C)c1. The van der Waals surface area contributed by atoms with Crippen LogP contribution >= 0.6 is 0 Å². The number of aryl methyl sites for hydroxylation is 3. The molecular formula is C14H16N2O. The number of carbonyl (C=O) groups is 1. The van der Waals surface area contributed by atoms with E-state index in [9.17, 15) is 4.79 Å². The zero-order valence-corrected chi connectivity index (χ0v) is 10.4. The molecule has 1 heterocycles. The first kappa shape index (κ1) is 11.6. The van der Waals surface area contributed by atoms with Crippen molar-refractivity contribution in [1.82, 2.24) is 9.97 Å². The van der Waals surface area contributed by atoms with E-state index in [-0.39, 0.29) is 5.78 Å². The van der Waals surface area contributed by atoms with Crippen molar-refractivity contribution in [3.63, 3.8) is 0 Å². The number of nitrogens with one attached hydrogen (secondary N) is 1. The predicted octanol–water partition coefficient (Wildman–Crippen LogP) is 2.76. The van der Waals surface area contributed by atoms with Crippen LogP contribution in [-0.4, -0.2) is 15.8 Å². The number of hydrogen-bond donors (Lipinski definition) is 1. The third-order valence-corrected chi connectivity index (χ3v) is 2.84. The lowest BCUT2D eigenvalue weighted by molar-refractivity contribution is 0.0990. The molecule has 0 bridgehead atoms. The number of hydrogen-bond acceptors (Lipinski definition) is 2. The first-order valence-electron chi connectivity index (χ1n) is 5.67. The largest absolute Gasteiger partial charge is 0.348 e. The molecule has 0 saturated heterocycles. The summed E-state index contributed by atoms with van der Waals surface area (Å²) in [6.07, 6.45) is 3.73. The third kappa shape index (κ3) is 2.44. The fraction of sp³-hybridized carbons (Fsp3) is 0.286. The number of H-pyrrole nitrogens is 1. The minimum Gasteiger partial charge on any atom is -0.348 e. The van der Waals surface area contributed by atoms with Crippen molar-refractivity contribution in [3.05, 3.63) is 52.6 Å². The second-order valence-corrected chi connectivity index (χ2v) is 4.41. The van der Waals surface area contributed by atoms with Crippen LogP contribution < -0.4 is 0 Å². The topological polar surface area (TPSA) is 45.8 Å². The summed E-state index contributed by atoms with van der Waals surface area (Å²) < 4.78 is 0. The average molecular weight is 228 g/mol. The zero-order chi connectivity index (χ0) is 12.4. The lowest BCUT2D eigenvalue weighted by atomic mass is 9.95. The molecule has 0 aliphatic carbocycles. The first-order valence-corrected chi connectivity index (χ1v) is 5.67. The van der Waals surface area contributed by atoms with E-state index < -0.39 is 0 Å². The summed E-state index contributed by atoms with van der Waals surface area (Å²) in [5.74, 6) is 0.837. The summed E-state index contributed by atoms with van der Waals surface area (Å²) in [6, 6.07) is 4.09. The number of Topliss-reactive ketones (excluding diaryl/α,β-unsaturated/α-hetero) is 1. The molecule has 2 aromatic rings. The Balaban J connectivity index is 2.31. The molecule has 0 aliphatic rings. The molecule has 1 N–H and O–H groups in total. The maximum absolute atomic E-state index is 12.2. The van der Waals surface area contributed by atoms with Crippen molar-refractivity contribution >= 4 is 5.78 Å². The summed E-state index contributed by atoms with van der Waals surface area (Å²) in [5.41, 5.74) is 4.10. The highest BCUT2D eigenvalue weighted by molar-refractivity contribution is 5.99. The second-order valence-electron chi connectivity index (χ2n) is 4.41. The van der Waals surface area contributed by atoms with E-state index in [2.05, 4.69) is 9.97 Å². The first-order chi connectivity index (χ1) is 8.08. The number of nitrogens with zero attached hydrogens (tertiary/aromatic N) is 1. The van der Waals surface area contributed by atoms with Gasteiger partial charge in [0.25, 0.3) is 0 Å². The van der Waals surface area contributed by atoms with Crippen LogP contribution in [0.3, 0.4) is 0 Å². The Morgan fingerprint density at radius 1 is 1.24 bits per heavy atom. The number of rotatable bonds is 3. The van der Waals surface area contributed by atoms with Gasteiger partial charge in [0.2, 0.25) is 0 Å². The lowest BCUT2D eigenvalue weighted by Gasteiger charge is -2.09. The van der Waals surface area contributed by atoms with E-state index >= 15 is 0 Å². The van der Waals surface area contributed by atoms with Crippen LogP contribution in [-0.2, 0) is 6.42 Å². The fourth-order valence-electron chi connectivity index (χ4n) is 2.25. The molecular weight excluding hydrogens is 212 g/mol. The molecule has 3 heteroatoms. The van der Waals surface area contributed by atoms with Gasteiger partial charge in [0.1, 0.15) is 5.82 Å². The average Bonchev–Trinajstić information content (AvgIpc) is 2.68. The summed E-state index contributed by atoms with van der Waals surface area (Å²) in [5, 5.41) is 0. The van der Waals surface area contributed by atoms with Crippen LogP contribution in [0, 0.1) is 20.8 Å². The highest BCUT2D eigenvalue weighted by Gasteiger charge is 2.14. The predicted molar refractivity (Wildman–Crippen MR) is 67.3 cm³/mol. The Morgan fingerprint density at radius 3 is 2.41 bits per heavy atom. The van der Waals surface area contributed by atoms with Crippen molar-refractivity contribution in [2.24, 2.45) is 0 Å². The molecule has 3 nitrogen and oxygen atoms in total. The smallest absolute Gasteiger partial charge is 0.170 e. The van der Waals surface area contributed by atoms with Gasteiger partial charge in [-0.05, 0) is 31.9 Å². The fourth-order valence-corrected chi connectivity index (χ4v) is 2.25. The Bertz CT molecular complexity index is 518.